The van der Waals surface area contributed by atoms with Gasteiger partial charge in [-0.15, -0.1) is 5.10 Å². The largest absolute Gasteiger partial charge is 0.381 e. The third-order valence-electron chi connectivity index (χ3n) is 3.34. The topological polar surface area (TPSA) is 81.1 Å². The summed E-state index contributed by atoms with van der Waals surface area (Å²) in [6.07, 6.45) is 3.58. The molecule has 7 heteroatoms. The van der Waals surface area contributed by atoms with E-state index >= 15 is 0 Å². The molecule has 1 aromatic heterocycles. The molecule has 0 aliphatic carbocycles. The molecule has 118 valence electrons. The Kier molecular flexibility index (Phi) is 6.13. The highest BCUT2D eigenvalue weighted by atomic mass is 16.5. The van der Waals surface area contributed by atoms with Gasteiger partial charge >= 0.3 is 0 Å². The molecular weight excluding hydrogens is 270 g/mol. The Labute approximate surface area is 125 Å². The fourth-order valence-corrected chi connectivity index (χ4v) is 2.25. The lowest BCUT2D eigenvalue weighted by molar-refractivity contribution is -0.123. The van der Waals surface area contributed by atoms with E-state index in [4.69, 9.17) is 4.74 Å². The van der Waals surface area contributed by atoms with Crippen molar-refractivity contribution in [2.45, 2.75) is 45.8 Å². The Balaban J connectivity index is 1.72. The predicted molar refractivity (Wildman–Crippen MR) is 78.6 cm³/mol. The summed E-state index contributed by atoms with van der Waals surface area (Å²) in [6.45, 7) is 7.60. The number of hydrogen-bond donors (Lipinski definition) is 2. The Morgan fingerprint density at radius 3 is 2.95 bits per heavy atom. The molecule has 1 aliphatic heterocycles. The number of carbonyl (C=O) groups is 1. The number of ether oxygens (including phenoxy) is 1. The first kappa shape index (κ1) is 15.9. The Morgan fingerprint density at radius 2 is 2.24 bits per heavy atom. The minimum Gasteiger partial charge on any atom is -0.381 e. The Bertz CT molecular complexity index is 440. The average Bonchev–Trinajstić information content (AvgIpc) is 2.86. The molecule has 7 nitrogen and oxygen atoms in total. The first-order chi connectivity index (χ1) is 10.1. The highest BCUT2D eigenvalue weighted by molar-refractivity contribution is 5.75. The summed E-state index contributed by atoms with van der Waals surface area (Å²) in [7, 11) is 0. The summed E-state index contributed by atoms with van der Waals surface area (Å²) in [6, 6.07) is 0.224. The van der Waals surface area contributed by atoms with Crippen molar-refractivity contribution < 1.29 is 9.53 Å². The van der Waals surface area contributed by atoms with E-state index in [0.29, 0.717) is 12.5 Å². The molecule has 1 aromatic rings. The normalized spacial score (nSPS) is 16.3. The van der Waals surface area contributed by atoms with Gasteiger partial charge in [-0.25, -0.2) is 4.68 Å². The lowest BCUT2D eigenvalue weighted by Crippen LogP contribution is -2.40. The molecule has 1 aliphatic rings. The number of rotatable bonds is 7. The van der Waals surface area contributed by atoms with Gasteiger partial charge in [0.05, 0.1) is 11.9 Å². The SMILES string of the molecule is CC(C)CNCc1cn(CC(=O)NC2CCOCC2)nn1. The van der Waals surface area contributed by atoms with Gasteiger partial charge < -0.3 is 15.4 Å². The van der Waals surface area contributed by atoms with Crippen LogP contribution in [-0.2, 0) is 22.6 Å². The van der Waals surface area contributed by atoms with Crippen LogP contribution in [0, 0.1) is 5.92 Å². The van der Waals surface area contributed by atoms with Gasteiger partial charge in [0.1, 0.15) is 6.54 Å². The van der Waals surface area contributed by atoms with Crippen LogP contribution in [0.2, 0.25) is 0 Å². The van der Waals surface area contributed by atoms with Gasteiger partial charge in [0, 0.05) is 25.8 Å². The van der Waals surface area contributed by atoms with E-state index < -0.39 is 0 Å². The standard InChI is InChI=1S/C14H25N5O2/c1-11(2)7-15-8-13-9-19(18-17-13)10-14(20)16-12-3-5-21-6-4-12/h9,11-12,15H,3-8,10H2,1-2H3,(H,16,20). The van der Waals surface area contributed by atoms with Crippen molar-refractivity contribution in [2.24, 2.45) is 5.92 Å². The van der Waals surface area contributed by atoms with Crippen LogP contribution in [0.1, 0.15) is 32.4 Å². The second kappa shape index (κ2) is 8.09. The van der Waals surface area contributed by atoms with Crippen LogP contribution < -0.4 is 10.6 Å². The maximum absolute atomic E-state index is 11.9. The fourth-order valence-electron chi connectivity index (χ4n) is 2.25. The van der Waals surface area contributed by atoms with Crippen molar-refractivity contribution in [2.75, 3.05) is 19.8 Å². The monoisotopic (exact) mass is 295 g/mol. The van der Waals surface area contributed by atoms with Crippen LogP contribution in [0.25, 0.3) is 0 Å². The van der Waals surface area contributed by atoms with E-state index in [9.17, 15) is 4.79 Å². The summed E-state index contributed by atoms with van der Waals surface area (Å²) in [5.74, 6) is 0.582. The third kappa shape index (κ3) is 5.81. The molecule has 0 atom stereocenters. The average molecular weight is 295 g/mol. The molecule has 0 spiro atoms. The molecule has 1 saturated heterocycles. The molecule has 0 aromatic carbocycles. The smallest absolute Gasteiger partial charge is 0.242 e. The zero-order valence-corrected chi connectivity index (χ0v) is 12.8. The molecule has 21 heavy (non-hydrogen) atoms. The van der Waals surface area contributed by atoms with Crippen molar-refractivity contribution >= 4 is 5.91 Å². The molecule has 1 fully saturated rings. The number of amides is 1. The zero-order chi connectivity index (χ0) is 15.1. The van der Waals surface area contributed by atoms with Crippen molar-refractivity contribution in [3.8, 4) is 0 Å². The zero-order valence-electron chi connectivity index (χ0n) is 12.8. The number of nitrogens with one attached hydrogen (secondary N) is 2. The quantitative estimate of drug-likeness (QED) is 0.757. The fraction of sp³-hybridized carbons (Fsp3) is 0.786. The molecule has 2 heterocycles. The van der Waals surface area contributed by atoms with Crippen LogP contribution in [0.15, 0.2) is 6.20 Å². The van der Waals surface area contributed by atoms with Gasteiger partial charge in [0.25, 0.3) is 0 Å². The summed E-state index contributed by atoms with van der Waals surface area (Å²) in [5, 5.41) is 14.4. The van der Waals surface area contributed by atoms with E-state index in [1.54, 1.807) is 4.68 Å². The highest BCUT2D eigenvalue weighted by Gasteiger charge is 2.16. The minimum atomic E-state index is -0.0199. The molecular formula is C14H25N5O2. The van der Waals surface area contributed by atoms with Crippen LogP contribution in [0.5, 0.6) is 0 Å². The molecule has 0 bridgehead atoms. The summed E-state index contributed by atoms with van der Waals surface area (Å²) in [4.78, 5) is 11.9. The lowest BCUT2D eigenvalue weighted by Gasteiger charge is -2.22. The van der Waals surface area contributed by atoms with Crippen LogP contribution in [-0.4, -0.2) is 46.7 Å². The van der Waals surface area contributed by atoms with Crippen molar-refractivity contribution in [3.63, 3.8) is 0 Å². The molecule has 2 rings (SSSR count). The first-order valence-electron chi connectivity index (χ1n) is 7.60. The molecule has 2 N–H and O–H groups in total. The molecule has 0 radical (unpaired) electrons. The van der Waals surface area contributed by atoms with Gasteiger partial charge in [0.2, 0.25) is 5.91 Å². The summed E-state index contributed by atoms with van der Waals surface area (Å²) >= 11 is 0. The minimum absolute atomic E-state index is 0.0199. The third-order valence-corrected chi connectivity index (χ3v) is 3.34. The highest BCUT2D eigenvalue weighted by Crippen LogP contribution is 2.06. The predicted octanol–water partition coefficient (Wildman–Crippen LogP) is 0.319. The van der Waals surface area contributed by atoms with Crippen LogP contribution >= 0.6 is 0 Å². The summed E-state index contributed by atoms with van der Waals surface area (Å²) < 4.78 is 6.86. The van der Waals surface area contributed by atoms with Crippen molar-refractivity contribution in [1.29, 1.82) is 0 Å². The van der Waals surface area contributed by atoms with E-state index in [2.05, 4.69) is 34.8 Å². The Hall–Kier alpha value is -1.47. The van der Waals surface area contributed by atoms with Gasteiger partial charge in [-0.1, -0.05) is 19.1 Å². The van der Waals surface area contributed by atoms with E-state index in [-0.39, 0.29) is 18.5 Å². The Morgan fingerprint density at radius 1 is 1.48 bits per heavy atom. The second-order valence-electron chi connectivity index (χ2n) is 5.89. The van der Waals surface area contributed by atoms with E-state index in [1.807, 2.05) is 6.20 Å². The first-order valence-corrected chi connectivity index (χ1v) is 7.60. The molecule has 0 saturated carbocycles. The van der Waals surface area contributed by atoms with Crippen molar-refractivity contribution in [1.82, 2.24) is 25.6 Å². The van der Waals surface area contributed by atoms with Gasteiger partial charge in [-0.05, 0) is 25.3 Å². The maximum atomic E-state index is 11.9. The van der Waals surface area contributed by atoms with Gasteiger partial charge in [0.15, 0.2) is 0 Å². The molecule has 0 unspecified atom stereocenters. The summed E-state index contributed by atoms with van der Waals surface area (Å²) in [5.41, 5.74) is 0.856. The van der Waals surface area contributed by atoms with Gasteiger partial charge in [-0.2, -0.15) is 0 Å². The van der Waals surface area contributed by atoms with Crippen LogP contribution in [0.3, 0.4) is 0 Å². The maximum Gasteiger partial charge on any atom is 0.242 e. The molecule has 1 amide bonds. The van der Waals surface area contributed by atoms with E-state index in [0.717, 1.165) is 38.3 Å². The lowest BCUT2D eigenvalue weighted by atomic mass is 10.1. The van der Waals surface area contributed by atoms with Crippen molar-refractivity contribution in [3.05, 3.63) is 11.9 Å². The number of carbonyl (C=O) groups excluding carboxylic acids is 1. The number of hydrogen-bond acceptors (Lipinski definition) is 5. The number of nitrogens with zero attached hydrogens (tertiary/aromatic N) is 3. The number of aromatic nitrogens is 3. The second-order valence-corrected chi connectivity index (χ2v) is 5.89. The van der Waals surface area contributed by atoms with Crippen LogP contribution in [0.4, 0.5) is 0 Å². The van der Waals surface area contributed by atoms with E-state index in [1.165, 1.54) is 0 Å². The van der Waals surface area contributed by atoms with Gasteiger partial charge in [-0.3, -0.25) is 4.79 Å².